The zero-order valence-corrected chi connectivity index (χ0v) is 15.0. The Morgan fingerprint density at radius 3 is 2.48 bits per heavy atom. The van der Waals surface area contributed by atoms with Gasteiger partial charge in [0.25, 0.3) is 0 Å². The predicted octanol–water partition coefficient (Wildman–Crippen LogP) is 4.53. The Morgan fingerprint density at radius 2 is 1.74 bits per heavy atom. The van der Waals surface area contributed by atoms with Gasteiger partial charge in [0.2, 0.25) is 0 Å². The number of nitrogens with zero attached hydrogens (tertiary/aromatic N) is 3. The maximum Gasteiger partial charge on any atom is 0.163 e. The SMILES string of the molecule is Cc1sc2nc(-c3ccccc3)nc(N3CCSCC3)c2c1C. The fraction of sp³-hybridized carbons (Fsp3) is 0.333. The van der Waals surface area contributed by atoms with Gasteiger partial charge >= 0.3 is 0 Å². The Balaban J connectivity index is 1.93. The molecule has 1 aliphatic heterocycles. The smallest absolute Gasteiger partial charge is 0.163 e. The number of aryl methyl sites for hydroxylation is 2. The lowest BCUT2D eigenvalue weighted by Crippen LogP contribution is -2.33. The summed E-state index contributed by atoms with van der Waals surface area (Å²) >= 11 is 3.81. The summed E-state index contributed by atoms with van der Waals surface area (Å²) < 4.78 is 0. The van der Waals surface area contributed by atoms with Gasteiger partial charge in [-0.3, -0.25) is 0 Å². The molecule has 0 spiro atoms. The molecular formula is C18H19N3S2. The van der Waals surface area contributed by atoms with Gasteiger partial charge in [0.1, 0.15) is 10.6 Å². The molecule has 118 valence electrons. The summed E-state index contributed by atoms with van der Waals surface area (Å²) in [4.78, 5) is 14.7. The number of thiophene rings is 1. The highest BCUT2D eigenvalue weighted by Crippen LogP contribution is 2.37. The lowest BCUT2D eigenvalue weighted by atomic mass is 10.1. The first-order chi connectivity index (χ1) is 11.2. The second-order valence-electron chi connectivity index (χ2n) is 5.80. The van der Waals surface area contributed by atoms with Crippen molar-refractivity contribution in [2.24, 2.45) is 0 Å². The van der Waals surface area contributed by atoms with Crippen LogP contribution in [-0.4, -0.2) is 34.6 Å². The summed E-state index contributed by atoms with van der Waals surface area (Å²) in [6.07, 6.45) is 0. The largest absolute Gasteiger partial charge is 0.354 e. The van der Waals surface area contributed by atoms with Crippen molar-refractivity contribution in [3.05, 3.63) is 40.8 Å². The molecule has 2 aromatic heterocycles. The average Bonchev–Trinajstić information content (AvgIpc) is 2.90. The molecule has 1 aliphatic rings. The van der Waals surface area contributed by atoms with E-state index in [1.54, 1.807) is 11.3 Å². The van der Waals surface area contributed by atoms with Gasteiger partial charge in [0.05, 0.1) is 5.39 Å². The minimum atomic E-state index is 0.840. The molecule has 0 N–H and O–H groups in total. The first kappa shape index (κ1) is 15.0. The van der Waals surface area contributed by atoms with E-state index in [9.17, 15) is 0 Å². The molecule has 3 aromatic rings. The normalized spacial score (nSPS) is 15.3. The Morgan fingerprint density at radius 1 is 1.00 bits per heavy atom. The molecule has 3 nitrogen and oxygen atoms in total. The third-order valence-electron chi connectivity index (χ3n) is 4.35. The molecule has 0 bridgehead atoms. The van der Waals surface area contributed by atoms with Crippen molar-refractivity contribution in [2.75, 3.05) is 29.5 Å². The minimum Gasteiger partial charge on any atom is -0.354 e. The monoisotopic (exact) mass is 341 g/mol. The molecule has 3 heterocycles. The second kappa shape index (κ2) is 6.13. The van der Waals surface area contributed by atoms with E-state index >= 15 is 0 Å². The van der Waals surface area contributed by atoms with Crippen LogP contribution in [0.3, 0.4) is 0 Å². The molecule has 0 amide bonds. The standard InChI is InChI=1S/C18H19N3S2/c1-12-13(2)23-18-15(12)17(21-8-10-22-11-9-21)19-16(20-18)14-6-4-3-5-7-14/h3-7H,8-11H2,1-2H3. The van der Waals surface area contributed by atoms with Gasteiger partial charge in [-0.1, -0.05) is 30.3 Å². The second-order valence-corrected chi connectivity index (χ2v) is 8.23. The molecule has 4 rings (SSSR count). The number of hydrogen-bond acceptors (Lipinski definition) is 5. The quantitative estimate of drug-likeness (QED) is 0.685. The third-order valence-corrected chi connectivity index (χ3v) is 6.40. The highest BCUT2D eigenvalue weighted by molar-refractivity contribution is 7.99. The number of benzene rings is 1. The Labute approximate surface area is 144 Å². The molecule has 0 saturated carbocycles. The van der Waals surface area contributed by atoms with Gasteiger partial charge < -0.3 is 4.90 Å². The number of fused-ring (bicyclic) bond motifs is 1. The zero-order chi connectivity index (χ0) is 15.8. The van der Waals surface area contributed by atoms with Gasteiger partial charge in [-0.25, -0.2) is 9.97 Å². The van der Waals surface area contributed by atoms with Crippen LogP contribution < -0.4 is 4.90 Å². The van der Waals surface area contributed by atoms with Crippen LogP contribution >= 0.6 is 23.1 Å². The summed E-state index contributed by atoms with van der Waals surface area (Å²) in [7, 11) is 0. The maximum atomic E-state index is 4.98. The Bertz CT molecular complexity index is 836. The summed E-state index contributed by atoms with van der Waals surface area (Å²) in [5.74, 6) is 4.31. The van der Waals surface area contributed by atoms with Crippen LogP contribution in [-0.2, 0) is 0 Å². The number of thioether (sulfide) groups is 1. The van der Waals surface area contributed by atoms with Crippen LogP contribution in [0.2, 0.25) is 0 Å². The van der Waals surface area contributed by atoms with Crippen LogP contribution in [0.5, 0.6) is 0 Å². The third kappa shape index (κ3) is 2.72. The van der Waals surface area contributed by atoms with E-state index in [0.717, 1.165) is 35.1 Å². The fourth-order valence-corrected chi connectivity index (χ4v) is 4.88. The molecular weight excluding hydrogens is 322 g/mol. The van der Waals surface area contributed by atoms with E-state index < -0.39 is 0 Å². The van der Waals surface area contributed by atoms with E-state index in [2.05, 4.69) is 30.9 Å². The van der Waals surface area contributed by atoms with E-state index in [1.807, 2.05) is 30.0 Å². The molecule has 0 radical (unpaired) electrons. The molecule has 23 heavy (non-hydrogen) atoms. The number of aromatic nitrogens is 2. The van der Waals surface area contributed by atoms with Crippen molar-refractivity contribution < 1.29 is 0 Å². The summed E-state index contributed by atoms with van der Waals surface area (Å²) in [6.45, 7) is 6.51. The van der Waals surface area contributed by atoms with Crippen molar-refractivity contribution in [1.82, 2.24) is 9.97 Å². The zero-order valence-electron chi connectivity index (χ0n) is 13.4. The minimum absolute atomic E-state index is 0.840. The maximum absolute atomic E-state index is 4.98. The van der Waals surface area contributed by atoms with Gasteiger partial charge in [0.15, 0.2) is 5.82 Å². The summed E-state index contributed by atoms with van der Waals surface area (Å²) in [5.41, 5.74) is 2.42. The topological polar surface area (TPSA) is 29.0 Å². The van der Waals surface area contributed by atoms with Gasteiger partial charge in [-0.2, -0.15) is 11.8 Å². The average molecular weight is 342 g/mol. The first-order valence-electron chi connectivity index (χ1n) is 7.90. The van der Waals surface area contributed by atoms with Crippen molar-refractivity contribution in [2.45, 2.75) is 13.8 Å². The van der Waals surface area contributed by atoms with Gasteiger partial charge in [-0.15, -0.1) is 11.3 Å². The Hall–Kier alpha value is -1.59. The lowest BCUT2D eigenvalue weighted by Gasteiger charge is -2.28. The van der Waals surface area contributed by atoms with Gasteiger partial charge in [-0.05, 0) is 19.4 Å². The summed E-state index contributed by atoms with van der Waals surface area (Å²) in [5, 5.41) is 1.25. The van der Waals surface area contributed by atoms with E-state index in [-0.39, 0.29) is 0 Å². The van der Waals surface area contributed by atoms with Crippen LogP contribution in [0.1, 0.15) is 10.4 Å². The van der Waals surface area contributed by atoms with Crippen molar-refractivity contribution in [1.29, 1.82) is 0 Å². The number of rotatable bonds is 2. The van der Waals surface area contributed by atoms with Crippen LogP contribution in [0.15, 0.2) is 30.3 Å². The van der Waals surface area contributed by atoms with Gasteiger partial charge in [0, 0.05) is 35.0 Å². The highest BCUT2D eigenvalue weighted by atomic mass is 32.2. The highest BCUT2D eigenvalue weighted by Gasteiger charge is 2.21. The van der Waals surface area contributed by atoms with Crippen molar-refractivity contribution >= 4 is 39.1 Å². The lowest BCUT2D eigenvalue weighted by molar-refractivity contribution is 0.843. The van der Waals surface area contributed by atoms with Crippen LogP contribution in [0, 0.1) is 13.8 Å². The predicted molar refractivity (Wildman–Crippen MR) is 102 cm³/mol. The fourth-order valence-electron chi connectivity index (χ4n) is 2.95. The molecule has 0 aliphatic carbocycles. The molecule has 1 saturated heterocycles. The van der Waals surface area contributed by atoms with E-state index in [4.69, 9.17) is 9.97 Å². The number of anilines is 1. The van der Waals surface area contributed by atoms with Crippen LogP contribution in [0.4, 0.5) is 5.82 Å². The van der Waals surface area contributed by atoms with Crippen LogP contribution in [0.25, 0.3) is 21.6 Å². The van der Waals surface area contributed by atoms with Crippen molar-refractivity contribution in [3.8, 4) is 11.4 Å². The van der Waals surface area contributed by atoms with E-state index in [1.165, 1.54) is 27.3 Å². The number of hydrogen-bond donors (Lipinski definition) is 0. The summed E-state index contributed by atoms with van der Waals surface area (Å²) in [6, 6.07) is 10.3. The van der Waals surface area contributed by atoms with Crippen molar-refractivity contribution in [3.63, 3.8) is 0 Å². The first-order valence-corrected chi connectivity index (χ1v) is 9.87. The molecule has 1 aromatic carbocycles. The molecule has 5 heteroatoms. The molecule has 0 atom stereocenters. The van der Waals surface area contributed by atoms with E-state index in [0.29, 0.717) is 0 Å². The molecule has 1 fully saturated rings. The molecule has 0 unspecified atom stereocenters. The Kier molecular flexibility index (Phi) is 3.99.